The van der Waals surface area contributed by atoms with Crippen LogP contribution in [0.25, 0.3) is 0 Å². The van der Waals surface area contributed by atoms with Gasteiger partial charge in [0.15, 0.2) is 6.61 Å². The quantitative estimate of drug-likeness (QED) is 0.700. The summed E-state index contributed by atoms with van der Waals surface area (Å²) >= 11 is 0. The van der Waals surface area contributed by atoms with Gasteiger partial charge in [-0.2, -0.15) is 4.31 Å². The van der Waals surface area contributed by atoms with E-state index in [1.54, 1.807) is 12.1 Å². The van der Waals surface area contributed by atoms with Crippen LogP contribution in [0, 0.1) is 18.6 Å². The van der Waals surface area contributed by atoms with Crippen molar-refractivity contribution in [1.29, 1.82) is 0 Å². The molecule has 1 aliphatic rings. The van der Waals surface area contributed by atoms with Crippen molar-refractivity contribution in [1.82, 2.24) is 4.31 Å². The van der Waals surface area contributed by atoms with Gasteiger partial charge >= 0.3 is 5.97 Å². The van der Waals surface area contributed by atoms with E-state index >= 15 is 0 Å². The number of ether oxygens (including phenoxy) is 1. The third-order valence-electron chi connectivity index (χ3n) is 4.65. The molecule has 1 atom stereocenters. The second kappa shape index (κ2) is 8.88. The average molecular weight is 438 g/mol. The molecule has 1 N–H and O–H groups in total. The highest BCUT2D eigenvalue weighted by Crippen LogP contribution is 2.27. The SMILES string of the molecule is Cc1ccc(S(=O)(=O)N2CCC[C@H]2C(=O)OCC(=O)Nc2cc(F)ccc2F)cc1. The molecule has 10 heteroatoms. The number of sulfonamides is 1. The number of hydrogen-bond acceptors (Lipinski definition) is 5. The lowest BCUT2D eigenvalue weighted by Crippen LogP contribution is -2.42. The monoisotopic (exact) mass is 438 g/mol. The molecule has 0 radical (unpaired) electrons. The van der Waals surface area contributed by atoms with Crippen molar-refractivity contribution in [3.05, 3.63) is 59.7 Å². The summed E-state index contributed by atoms with van der Waals surface area (Å²) in [6, 6.07) is 7.73. The molecule has 1 aliphatic heterocycles. The van der Waals surface area contributed by atoms with Crippen LogP contribution in [0.3, 0.4) is 0 Å². The predicted octanol–water partition coefficient (Wildman–Crippen LogP) is 2.61. The Balaban J connectivity index is 1.63. The topological polar surface area (TPSA) is 92.8 Å². The standard InChI is InChI=1S/C20H20F2N2O5S/c1-13-4-7-15(8-5-13)30(27,28)24-10-2-3-18(24)20(26)29-12-19(25)23-17-11-14(21)6-9-16(17)22/h4-9,11,18H,2-3,10,12H2,1H3,(H,23,25)/t18-/m0/s1. The lowest BCUT2D eigenvalue weighted by Gasteiger charge is -2.22. The van der Waals surface area contributed by atoms with E-state index in [0.717, 1.165) is 28.1 Å². The van der Waals surface area contributed by atoms with Crippen molar-refractivity contribution in [3.8, 4) is 0 Å². The summed E-state index contributed by atoms with van der Waals surface area (Å²) in [5.74, 6) is -3.34. The number of carbonyl (C=O) groups excluding carboxylic acids is 2. The molecule has 0 aromatic heterocycles. The number of nitrogens with zero attached hydrogens (tertiary/aromatic N) is 1. The first-order chi connectivity index (χ1) is 14.2. The maximum absolute atomic E-state index is 13.6. The summed E-state index contributed by atoms with van der Waals surface area (Å²) in [4.78, 5) is 24.4. The van der Waals surface area contributed by atoms with Crippen molar-refractivity contribution >= 4 is 27.6 Å². The van der Waals surface area contributed by atoms with Gasteiger partial charge in [0.25, 0.3) is 5.91 Å². The van der Waals surface area contributed by atoms with Gasteiger partial charge < -0.3 is 10.1 Å². The summed E-state index contributed by atoms with van der Waals surface area (Å²) < 4.78 is 58.5. The van der Waals surface area contributed by atoms with Crippen molar-refractivity contribution in [2.24, 2.45) is 0 Å². The van der Waals surface area contributed by atoms with Gasteiger partial charge in [0.2, 0.25) is 10.0 Å². The normalized spacial score (nSPS) is 17.0. The minimum Gasteiger partial charge on any atom is -0.454 e. The van der Waals surface area contributed by atoms with E-state index < -0.39 is 46.2 Å². The van der Waals surface area contributed by atoms with Crippen LogP contribution in [0.2, 0.25) is 0 Å². The molecule has 0 unspecified atom stereocenters. The molecule has 0 spiro atoms. The summed E-state index contributed by atoms with van der Waals surface area (Å²) in [5.41, 5.74) is 0.507. The van der Waals surface area contributed by atoms with E-state index in [0.29, 0.717) is 6.42 Å². The van der Waals surface area contributed by atoms with Crippen LogP contribution in [-0.2, 0) is 24.3 Å². The Morgan fingerprint density at radius 3 is 2.57 bits per heavy atom. The van der Waals surface area contributed by atoms with E-state index in [2.05, 4.69) is 5.32 Å². The smallest absolute Gasteiger partial charge is 0.324 e. The fourth-order valence-electron chi connectivity index (χ4n) is 3.12. The van der Waals surface area contributed by atoms with E-state index in [1.807, 2.05) is 6.92 Å². The minimum atomic E-state index is -3.91. The van der Waals surface area contributed by atoms with Crippen molar-refractivity contribution in [2.45, 2.75) is 30.7 Å². The maximum atomic E-state index is 13.6. The molecule has 0 bridgehead atoms. The van der Waals surface area contributed by atoms with Crippen LogP contribution in [0.5, 0.6) is 0 Å². The van der Waals surface area contributed by atoms with Crippen LogP contribution in [0.1, 0.15) is 18.4 Å². The number of nitrogens with one attached hydrogen (secondary N) is 1. The fourth-order valence-corrected chi connectivity index (χ4v) is 4.77. The first-order valence-electron chi connectivity index (χ1n) is 9.18. The molecule has 2 aromatic rings. The largest absolute Gasteiger partial charge is 0.454 e. The van der Waals surface area contributed by atoms with Gasteiger partial charge in [0, 0.05) is 12.6 Å². The van der Waals surface area contributed by atoms with E-state index in [1.165, 1.54) is 12.1 Å². The third kappa shape index (κ3) is 4.82. The Hall–Kier alpha value is -2.85. The molecule has 30 heavy (non-hydrogen) atoms. The molecule has 1 saturated heterocycles. The molecule has 160 valence electrons. The predicted molar refractivity (Wildman–Crippen MR) is 104 cm³/mol. The molecule has 7 nitrogen and oxygen atoms in total. The van der Waals surface area contributed by atoms with Crippen molar-refractivity contribution < 1.29 is 31.5 Å². The first-order valence-corrected chi connectivity index (χ1v) is 10.6. The Labute approximate surface area is 172 Å². The van der Waals surface area contributed by atoms with Gasteiger partial charge in [0.05, 0.1) is 10.6 Å². The average Bonchev–Trinajstić information content (AvgIpc) is 3.20. The number of carbonyl (C=O) groups is 2. The zero-order valence-corrected chi connectivity index (χ0v) is 16.9. The second-order valence-corrected chi connectivity index (χ2v) is 8.76. The van der Waals surface area contributed by atoms with E-state index in [4.69, 9.17) is 4.74 Å². The summed E-state index contributed by atoms with van der Waals surface area (Å²) in [6.45, 7) is 1.22. The Bertz CT molecular complexity index is 1060. The van der Waals surface area contributed by atoms with Gasteiger partial charge in [-0.1, -0.05) is 17.7 Å². The molecular weight excluding hydrogens is 418 g/mol. The molecular formula is C20H20F2N2O5S. The fraction of sp³-hybridized carbons (Fsp3) is 0.300. The Kier molecular flexibility index (Phi) is 6.47. The van der Waals surface area contributed by atoms with Crippen LogP contribution in [0.4, 0.5) is 14.5 Å². The van der Waals surface area contributed by atoms with Gasteiger partial charge in [-0.15, -0.1) is 0 Å². The highest BCUT2D eigenvalue weighted by atomic mass is 32.2. The van der Waals surface area contributed by atoms with E-state index in [-0.39, 0.29) is 23.5 Å². The third-order valence-corrected chi connectivity index (χ3v) is 6.57. The number of rotatable bonds is 6. The highest BCUT2D eigenvalue weighted by Gasteiger charge is 2.40. The number of aryl methyl sites for hydroxylation is 1. The molecule has 1 heterocycles. The zero-order chi connectivity index (χ0) is 21.9. The summed E-state index contributed by atoms with van der Waals surface area (Å²) in [7, 11) is -3.91. The number of benzene rings is 2. The molecule has 0 aliphatic carbocycles. The van der Waals surface area contributed by atoms with Crippen molar-refractivity contribution in [2.75, 3.05) is 18.5 Å². The van der Waals surface area contributed by atoms with E-state index in [9.17, 15) is 26.8 Å². The number of anilines is 1. The molecule has 0 saturated carbocycles. The lowest BCUT2D eigenvalue weighted by molar-refractivity contribution is -0.150. The van der Waals surface area contributed by atoms with Gasteiger partial charge in [-0.25, -0.2) is 17.2 Å². The lowest BCUT2D eigenvalue weighted by atomic mass is 10.2. The molecule has 3 rings (SSSR count). The Morgan fingerprint density at radius 1 is 1.17 bits per heavy atom. The second-order valence-electron chi connectivity index (χ2n) is 6.87. The summed E-state index contributed by atoms with van der Waals surface area (Å²) in [6.07, 6.45) is 0.718. The Morgan fingerprint density at radius 2 is 1.87 bits per heavy atom. The highest BCUT2D eigenvalue weighted by molar-refractivity contribution is 7.89. The number of esters is 1. The number of hydrogen-bond donors (Lipinski definition) is 1. The van der Waals surface area contributed by atoms with Gasteiger partial charge in [0.1, 0.15) is 17.7 Å². The van der Waals surface area contributed by atoms with Crippen LogP contribution < -0.4 is 5.32 Å². The molecule has 2 aromatic carbocycles. The van der Waals surface area contributed by atoms with Gasteiger partial charge in [-0.05, 0) is 44.0 Å². The number of halogens is 2. The first kappa shape index (κ1) is 21.8. The van der Waals surface area contributed by atoms with Gasteiger partial charge in [-0.3, -0.25) is 9.59 Å². The number of amides is 1. The molecule has 1 fully saturated rings. The summed E-state index contributed by atoms with van der Waals surface area (Å²) in [5, 5.41) is 2.11. The maximum Gasteiger partial charge on any atom is 0.324 e. The van der Waals surface area contributed by atoms with Crippen molar-refractivity contribution in [3.63, 3.8) is 0 Å². The molecule has 1 amide bonds. The van der Waals surface area contributed by atoms with Crippen LogP contribution in [0.15, 0.2) is 47.4 Å². The minimum absolute atomic E-state index is 0.0622. The van der Waals surface area contributed by atoms with Crippen LogP contribution >= 0.6 is 0 Å². The zero-order valence-electron chi connectivity index (χ0n) is 16.1. The van der Waals surface area contributed by atoms with Crippen LogP contribution in [-0.4, -0.2) is 43.8 Å².